The van der Waals surface area contributed by atoms with Gasteiger partial charge < -0.3 is 24.6 Å². The summed E-state index contributed by atoms with van der Waals surface area (Å²) in [5.74, 6) is 0.381. The zero-order valence-electron chi connectivity index (χ0n) is 25.6. The van der Waals surface area contributed by atoms with Crippen molar-refractivity contribution in [1.82, 2.24) is 5.32 Å². The fourth-order valence-corrected chi connectivity index (χ4v) is 6.90. The van der Waals surface area contributed by atoms with Gasteiger partial charge in [0.15, 0.2) is 21.5 Å². The standard InChI is InChI=1S/C35H34Cl2N2O7S/c1-44-28-8-5-7-26(22-28)32-35(17-20-47(42,43)29-9-3-2-4-10-29,34(41)38-23-24-11-16-30(36)31(37)21-24)39-33(46-32)25-12-14-27(15-13-25)45-19-6-18-40/h2-5,7-16,21-22,32,40H,6,17-20,23H2,1H3,(H,38,41)/t32-,35-/m1/s1. The number of halogens is 2. The van der Waals surface area contributed by atoms with Crippen LogP contribution in [0.4, 0.5) is 0 Å². The number of amides is 1. The van der Waals surface area contributed by atoms with Crippen molar-refractivity contribution < 1.29 is 32.5 Å². The number of sulfone groups is 1. The van der Waals surface area contributed by atoms with Crippen LogP contribution in [-0.2, 0) is 25.9 Å². The Hall–Kier alpha value is -4.09. The van der Waals surface area contributed by atoms with Gasteiger partial charge in [0.05, 0.1) is 34.4 Å². The molecule has 12 heteroatoms. The van der Waals surface area contributed by atoms with E-state index in [0.717, 1.165) is 0 Å². The third kappa shape index (κ3) is 8.08. The number of aliphatic hydroxyl groups is 1. The maximum Gasteiger partial charge on any atom is 0.252 e. The zero-order chi connectivity index (χ0) is 33.4. The van der Waals surface area contributed by atoms with Crippen molar-refractivity contribution in [2.24, 2.45) is 4.99 Å². The lowest BCUT2D eigenvalue weighted by molar-refractivity contribution is -0.129. The third-order valence-electron chi connectivity index (χ3n) is 7.72. The number of aliphatic imine (C=N–C) groups is 1. The van der Waals surface area contributed by atoms with Crippen LogP contribution in [0.25, 0.3) is 0 Å². The van der Waals surface area contributed by atoms with Gasteiger partial charge in [-0.05, 0) is 71.8 Å². The second-order valence-electron chi connectivity index (χ2n) is 10.9. The van der Waals surface area contributed by atoms with Gasteiger partial charge >= 0.3 is 0 Å². The highest BCUT2D eigenvalue weighted by atomic mass is 35.5. The summed E-state index contributed by atoms with van der Waals surface area (Å²) in [4.78, 5) is 19.5. The third-order valence-corrected chi connectivity index (χ3v) is 10.2. The number of aliphatic hydroxyl groups excluding tert-OH is 1. The summed E-state index contributed by atoms with van der Waals surface area (Å²) >= 11 is 12.3. The number of rotatable bonds is 14. The fraction of sp³-hybridized carbons (Fsp3) is 0.257. The molecule has 1 aliphatic heterocycles. The highest BCUT2D eigenvalue weighted by Gasteiger charge is 2.53. The zero-order valence-corrected chi connectivity index (χ0v) is 27.9. The van der Waals surface area contributed by atoms with E-state index in [1.54, 1.807) is 84.9 Å². The van der Waals surface area contributed by atoms with Crippen LogP contribution in [0.3, 0.4) is 0 Å². The number of hydrogen-bond acceptors (Lipinski definition) is 8. The number of hydrogen-bond donors (Lipinski definition) is 2. The highest BCUT2D eigenvalue weighted by Crippen LogP contribution is 2.44. The molecule has 4 aromatic carbocycles. The topological polar surface area (TPSA) is 124 Å². The molecule has 0 aromatic heterocycles. The molecule has 9 nitrogen and oxygen atoms in total. The van der Waals surface area contributed by atoms with Gasteiger partial charge in [-0.2, -0.15) is 0 Å². The van der Waals surface area contributed by atoms with Crippen molar-refractivity contribution in [2.45, 2.75) is 35.9 Å². The molecule has 0 spiro atoms. The fourth-order valence-electron chi connectivity index (χ4n) is 5.20. The van der Waals surface area contributed by atoms with Gasteiger partial charge in [-0.25, -0.2) is 13.4 Å². The molecule has 1 amide bonds. The molecular weight excluding hydrogens is 663 g/mol. The summed E-state index contributed by atoms with van der Waals surface area (Å²) in [6.45, 7) is 0.450. The van der Waals surface area contributed by atoms with Crippen LogP contribution >= 0.6 is 23.2 Å². The Balaban J connectivity index is 1.56. The van der Waals surface area contributed by atoms with E-state index in [1.165, 1.54) is 19.2 Å². The molecule has 0 bridgehead atoms. The maximum absolute atomic E-state index is 14.4. The lowest BCUT2D eigenvalue weighted by Gasteiger charge is -2.31. The van der Waals surface area contributed by atoms with Crippen LogP contribution in [0.2, 0.25) is 10.0 Å². The molecule has 0 saturated carbocycles. The van der Waals surface area contributed by atoms with E-state index in [4.69, 9.17) is 47.5 Å². The smallest absolute Gasteiger partial charge is 0.252 e. The summed E-state index contributed by atoms with van der Waals surface area (Å²) in [6, 6.07) is 27.2. The first-order valence-electron chi connectivity index (χ1n) is 14.9. The second-order valence-corrected chi connectivity index (χ2v) is 13.8. The van der Waals surface area contributed by atoms with Crippen molar-refractivity contribution in [3.8, 4) is 11.5 Å². The number of nitrogens with zero attached hydrogens (tertiary/aromatic N) is 1. The van der Waals surface area contributed by atoms with Crippen LogP contribution in [0.1, 0.15) is 35.6 Å². The minimum absolute atomic E-state index is 0.0174. The van der Waals surface area contributed by atoms with Crippen molar-refractivity contribution in [3.63, 3.8) is 0 Å². The molecule has 2 N–H and O–H groups in total. The second kappa shape index (κ2) is 15.2. The van der Waals surface area contributed by atoms with Crippen LogP contribution in [0.15, 0.2) is 107 Å². The Morgan fingerprint density at radius 1 is 0.957 bits per heavy atom. The minimum Gasteiger partial charge on any atom is -0.497 e. The summed E-state index contributed by atoms with van der Waals surface area (Å²) in [6.07, 6.45) is -0.704. The van der Waals surface area contributed by atoms with Crippen molar-refractivity contribution in [3.05, 3.63) is 124 Å². The molecule has 4 aromatic rings. The molecule has 0 radical (unpaired) electrons. The molecule has 0 unspecified atom stereocenters. The van der Waals surface area contributed by atoms with Crippen LogP contribution in [0, 0.1) is 0 Å². The Bertz CT molecular complexity index is 1840. The largest absolute Gasteiger partial charge is 0.497 e. The lowest BCUT2D eigenvalue weighted by atomic mass is 9.85. The van der Waals surface area contributed by atoms with Crippen LogP contribution in [0.5, 0.6) is 11.5 Å². The van der Waals surface area contributed by atoms with Gasteiger partial charge in [0.1, 0.15) is 11.5 Å². The number of ether oxygens (including phenoxy) is 3. The van der Waals surface area contributed by atoms with E-state index in [-0.39, 0.29) is 36.1 Å². The average Bonchev–Trinajstić information content (AvgIpc) is 3.50. The maximum atomic E-state index is 14.4. The lowest BCUT2D eigenvalue weighted by Crippen LogP contribution is -2.49. The summed E-state index contributed by atoms with van der Waals surface area (Å²) in [7, 11) is -2.28. The Morgan fingerprint density at radius 2 is 1.72 bits per heavy atom. The van der Waals surface area contributed by atoms with Crippen LogP contribution in [-0.4, -0.2) is 56.9 Å². The summed E-state index contributed by atoms with van der Waals surface area (Å²) in [5, 5.41) is 12.7. The van der Waals surface area contributed by atoms with E-state index >= 15 is 0 Å². The average molecular weight is 698 g/mol. The predicted molar refractivity (Wildman–Crippen MR) is 181 cm³/mol. The molecule has 1 heterocycles. The number of nitrogens with one attached hydrogen (secondary N) is 1. The van der Waals surface area contributed by atoms with Gasteiger partial charge in [0.2, 0.25) is 5.90 Å². The van der Waals surface area contributed by atoms with Gasteiger partial charge in [-0.3, -0.25) is 4.79 Å². The molecule has 47 heavy (non-hydrogen) atoms. The number of methoxy groups -OCH3 is 1. The van der Waals surface area contributed by atoms with E-state index in [1.807, 2.05) is 0 Å². The van der Waals surface area contributed by atoms with Gasteiger partial charge in [0.25, 0.3) is 5.91 Å². The monoisotopic (exact) mass is 696 g/mol. The quantitative estimate of drug-likeness (QED) is 0.151. The molecule has 0 aliphatic carbocycles. The normalized spacial score (nSPS) is 17.4. The van der Waals surface area contributed by atoms with Gasteiger partial charge in [-0.15, -0.1) is 0 Å². The van der Waals surface area contributed by atoms with Crippen molar-refractivity contribution in [2.75, 3.05) is 26.1 Å². The SMILES string of the molecule is COc1cccc([C@H]2OC(c3ccc(OCCCO)cc3)=N[C@@]2(CCS(=O)(=O)c2ccccc2)C(=O)NCc2ccc(Cl)c(Cl)c2)c1. The van der Waals surface area contributed by atoms with E-state index < -0.39 is 27.4 Å². The van der Waals surface area contributed by atoms with E-state index in [9.17, 15) is 13.2 Å². The predicted octanol–water partition coefficient (Wildman–Crippen LogP) is 6.20. The Morgan fingerprint density at radius 3 is 2.43 bits per heavy atom. The van der Waals surface area contributed by atoms with Crippen molar-refractivity contribution >= 4 is 44.8 Å². The Labute approximate surface area is 284 Å². The minimum atomic E-state index is -3.81. The Kier molecular flexibility index (Phi) is 11.1. The number of carbonyl (C=O) groups is 1. The number of benzene rings is 4. The molecule has 246 valence electrons. The summed E-state index contributed by atoms with van der Waals surface area (Å²) in [5.41, 5.74) is 0.139. The summed E-state index contributed by atoms with van der Waals surface area (Å²) < 4.78 is 44.7. The molecular formula is C35H34Cl2N2O7S. The molecule has 5 rings (SSSR count). The van der Waals surface area contributed by atoms with E-state index in [0.29, 0.717) is 51.3 Å². The molecule has 1 aliphatic rings. The van der Waals surface area contributed by atoms with Crippen molar-refractivity contribution in [1.29, 1.82) is 0 Å². The van der Waals surface area contributed by atoms with E-state index in [2.05, 4.69) is 5.32 Å². The first kappa shape index (κ1) is 34.3. The number of carbonyl (C=O) groups excluding carboxylic acids is 1. The first-order valence-corrected chi connectivity index (χ1v) is 17.3. The molecule has 2 atom stereocenters. The molecule has 0 fully saturated rings. The molecule has 0 saturated heterocycles. The first-order chi connectivity index (χ1) is 22.6. The van der Waals surface area contributed by atoms with Gasteiger partial charge in [0, 0.05) is 31.6 Å². The van der Waals surface area contributed by atoms with Gasteiger partial charge in [-0.1, -0.05) is 59.6 Å². The van der Waals surface area contributed by atoms with Crippen LogP contribution < -0.4 is 14.8 Å². The highest BCUT2D eigenvalue weighted by molar-refractivity contribution is 7.91.